The maximum Gasteiger partial charge on any atom is 0.251 e. The van der Waals surface area contributed by atoms with Crippen molar-refractivity contribution in [3.05, 3.63) is 76.0 Å². The maximum absolute atomic E-state index is 13.6. The fraction of sp³-hybridized carbons (Fsp3) is 0.318. The first kappa shape index (κ1) is 18.9. The van der Waals surface area contributed by atoms with Gasteiger partial charge in [0, 0.05) is 61.6 Å². The Hall–Kier alpha value is -3.13. The Balaban J connectivity index is 1.45. The molecule has 2 aliphatic heterocycles. The summed E-state index contributed by atoms with van der Waals surface area (Å²) in [6, 6.07) is 8.91. The van der Waals surface area contributed by atoms with Crippen molar-refractivity contribution < 1.29 is 8.78 Å². The van der Waals surface area contributed by atoms with Crippen LogP contribution in [0.4, 0.5) is 14.6 Å². The molecule has 2 atom stereocenters. The first-order chi connectivity index (χ1) is 14.4. The lowest BCUT2D eigenvalue weighted by molar-refractivity contribution is 0.114. The van der Waals surface area contributed by atoms with Crippen molar-refractivity contribution in [2.45, 2.75) is 25.4 Å². The van der Waals surface area contributed by atoms with Crippen LogP contribution in [-0.4, -0.2) is 32.5 Å². The molecule has 2 aliphatic rings. The van der Waals surface area contributed by atoms with Crippen LogP contribution in [0, 0.1) is 17.6 Å². The molecule has 0 spiro atoms. The molecule has 30 heavy (non-hydrogen) atoms. The topological polar surface area (TPSA) is 77.0 Å². The summed E-state index contributed by atoms with van der Waals surface area (Å²) < 4.78 is 29.0. The summed E-state index contributed by atoms with van der Waals surface area (Å²) >= 11 is 0. The molecule has 0 saturated carbocycles. The highest BCUT2D eigenvalue weighted by Crippen LogP contribution is 2.37. The van der Waals surface area contributed by atoms with Gasteiger partial charge in [-0.3, -0.25) is 9.69 Å². The molecular weight excluding hydrogens is 388 g/mol. The quantitative estimate of drug-likeness (QED) is 0.720. The third-order valence-corrected chi connectivity index (χ3v) is 5.94. The van der Waals surface area contributed by atoms with E-state index < -0.39 is 11.6 Å². The van der Waals surface area contributed by atoms with E-state index in [1.54, 1.807) is 12.1 Å². The number of pyridine rings is 1. The summed E-state index contributed by atoms with van der Waals surface area (Å²) in [7, 11) is 0. The average Bonchev–Trinajstić information content (AvgIpc) is 2.68. The van der Waals surface area contributed by atoms with Gasteiger partial charge in [0.15, 0.2) is 0 Å². The van der Waals surface area contributed by atoms with E-state index in [0.717, 1.165) is 36.8 Å². The number of nitrogens with two attached hydrogens (primary N) is 1. The molecule has 2 bridgehead atoms. The fourth-order valence-electron chi connectivity index (χ4n) is 4.83. The molecule has 1 aromatic carbocycles. The van der Waals surface area contributed by atoms with Crippen LogP contribution < -0.4 is 11.3 Å². The second-order valence-corrected chi connectivity index (χ2v) is 8.22. The predicted molar refractivity (Wildman–Crippen MR) is 109 cm³/mol. The molecule has 4 heterocycles. The van der Waals surface area contributed by atoms with Crippen LogP contribution in [0.1, 0.15) is 23.6 Å². The number of hydrogen-bond donors (Lipinski definition) is 1. The highest BCUT2D eigenvalue weighted by Gasteiger charge is 2.35. The zero-order valence-corrected chi connectivity index (χ0v) is 16.3. The lowest BCUT2D eigenvalue weighted by Gasteiger charge is -2.43. The Kier molecular flexibility index (Phi) is 4.58. The van der Waals surface area contributed by atoms with Crippen molar-refractivity contribution in [2.75, 3.05) is 18.8 Å². The molecular formula is C22H21F2N5O. The molecule has 2 aromatic heterocycles. The Morgan fingerprint density at radius 2 is 1.80 bits per heavy atom. The molecule has 1 fully saturated rings. The van der Waals surface area contributed by atoms with Gasteiger partial charge in [-0.25, -0.2) is 18.7 Å². The van der Waals surface area contributed by atoms with Gasteiger partial charge in [0.2, 0.25) is 0 Å². The number of rotatable bonds is 3. The van der Waals surface area contributed by atoms with Gasteiger partial charge >= 0.3 is 0 Å². The first-order valence-corrected chi connectivity index (χ1v) is 9.94. The van der Waals surface area contributed by atoms with Crippen LogP contribution in [-0.2, 0) is 13.1 Å². The average molecular weight is 409 g/mol. The number of benzene rings is 1. The van der Waals surface area contributed by atoms with E-state index in [1.165, 1.54) is 18.5 Å². The van der Waals surface area contributed by atoms with Crippen LogP contribution >= 0.6 is 0 Å². The van der Waals surface area contributed by atoms with Gasteiger partial charge in [0.05, 0.1) is 5.69 Å². The number of nitrogen functional groups attached to an aromatic ring is 1. The highest BCUT2D eigenvalue weighted by molar-refractivity contribution is 5.61. The molecule has 3 aromatic rings. The van der Waals surface area contributed by atoms with Crippen molar-refractivity contribution in [2.24, 2.45) is 5.92 Å². The second-order valence-electron chi connectivity index (χ2n) is 8.22. The van der Waals surface area contributed by atoms with E-state index in [-0.39, 0.29) is 11.5 Å². The summed E-state index contributed by atoms with van der Waals surface area (Å²) in [5, 5.41) is 0. The van der Waals surface area contributed by atoms with Gasteiger partial charge < -0.3 is 10.3 Å². The minimum Gasteiger partial charge on any atom is -0.384 e. The van der Waals surface area contributed by atoms with Crippen molar-refractivity contribution >= 4 is 5.82 Å². The molecule has 2 N–H and O–H groups in total. The molecule has 0 amide bonds. The van der Waals surface area contributed by atoms with Crippen LogP contribution in [0.3, 0.4) is 0 Å². The molecule has 154 valence electrons. The summed E-state index contributed by atoms with van der Waals surface area (Å²) in [4.78, 5) is 23.2. The van der Waals surface area contributed by atoms with Gasteiger partial charge in [0.25, 0.3) is 5.56 Å². The maximum atomic E-state index is 13.6. The molecule has 5 rings (SSSR count). The number of piperidine rings is 1. The van der Waals surface area contributed by atoms with Crippen LogP contribution in [0.25, 0.3) is 11.3 Å². The van der Waals surface area contributed by atoms with Crippen molar-refractivity contribution in [3.8, 4) is 11.3 Å². The Labute approximate surface area is 172 Å². The SMILES string of the molecule is Nc1cc(-c2cc3n(c(=O)c2)C[C@H]2C[C@@H]3CN(Cc3cc(F)cc(F)c3)C2)ncn1. The van der Waals surface area contributed by atoms with E-state index in [9.17, 15) is 13.6 Å². The van der Waals surface area contributed by atoms with Crippen LogP contribution in [0.2, 0.25) is 0 Å². The number of likely N-dealkylation sites (tertiary alicyclic amines) is 1. The Morgan fingerprint density at radius 3 is 2.57 bits per heavy atom. The first-order valence-electron chi connectivity index (χ1n) is 9.94. The summed E-state index contributed by atoms with van der Waals surface area (Å²) in [6.45, 7) is 2.65. The van der Waals surface area contributed by atoms with E-state index in [1.807, 2.05) is 10.6 Å². The van der Waals surface area contributed by atoms with Crippen molar-refractivity contribution in [1.82, 2.24) is 19.4 Å². The van der Waals surface area contributed by atoms with Crippen molar-refractivity contribution in [3.63, 3.8) is 0 Å². The van der Waals surface area contributed by atoms with Crippen LogP contribution in [0.5, 0.6) is 0 Å². The minimum atomic E-state index is -0.562. The Morgan fingerprint density at radius 1 is 1.00 bits per heavy atom. The summed E-state index contributed by atoms with van der Waals surface area (Å²) in [5.74, 6) is -0.277. The van der Waals surface area contributed by atoms with Crippen LogP contribution in [0.15, 0.2) is 47.5 Å². The summed E-state index contributed by atoms with van der Waals surface area (Å²) in [5.41, 5.74) is 8.66. The third-order valence-electron chi connectivity index (χ3n) is 5.94. The smallest absolute Gasteiger partial charge is 0.251 e. The molecule has 0 radical (unpaired) electrons. The number of hydrogen-bond acceptors (Lipinski definition) is 5. The summed E-state index contributed by atoms with van der Waals surface area (Å²) in [6.07, 6.45) is 2.38. The number of fused-ring (bicyclic) bond motifs is 4. The van der Waals surface area contributed by atoms with Gasteiger partial charge in [-0.05, 0) is 36.1 Å². The van der Waals surface area contributed by atoms with Gasteiger partial charge in [0.1, 0.15) is 23.8 Å². The molecule has 0 unspecified atom stereocenters. The zero-order valence-electron chi connectivity index (χ0n) is 16.3. The fourth-order valence-corrected chi connectivity index (χ4v) is 4.83. The molecule has 6 nitrogen and oxygen atoms in total. The van der Waals surface area contributed by atoms with E-state index >= 15 is 0 Å². The normalized spacial score (nSPS) is 20.7. The Bertz CT molecular complexity index is 1160. The predicted octanol–water partition coefficient (Wildman–Crippen LogP) is 2.79. The largest absolute Gasteiger partial charge is 0.384 e. The highest BCUT2D eigenvalue weighted by atomic mass is 19.1. The molecule has 1 saturated heterocycles. The number of halogens is 2. The standard InChI is InChI=1S/C22H21F2N5O/c23-17-2-13(3-18(24)6-17)8-28-9-14-1-16(11-28)20-4-15(5-22(30)29(20)10-14)19-7-21(25)27-12-26-19/h2-7,12,14,16H,1,8-11H2,(H2,25,26,27)/t14-,16+/m0/s1. The number of nitrogens with zero attached hydrogens (tertiary/aromatic N) is 4. The lowest BCUT2D eigenvalue weighted by Crippen LogP contribution is -2.46. The number of aromatic nitrogens is 3. The third kappa shape index (κ3) is 3.59. The zero-order chi connectivity index (χ0) is 20.8. The molecule has 8 heteroatoms. The van der Waals surface area contributed by atoms with Gasteiger partial charge in [-0.2, -0.15) is 0 Å². The van der Waals surface area contributed by atoms with Gasteiger partial charge in [-0.15, -0.1) is 0 Å². The van der Waals surface area contributed by atoms with Gasteiger partial charge in [-0.1, -0.05) is 0 Å². The van der Waals surface area contributed by atoms with E-state index in [0.29, 0.717) is 36.1 Å². The molecule has 0 aliphatic carbocycles. The van der Waals surface area contributed by atoms with E-state index in [2.05, 4.69) is 14.9 Å². The van der Waals surface area contributed by atoms with Crippen molar-refractivity contribution in [1.29, 1.82) is 0 Å². The lowest BCUT2D eigenvalue weighted by atomic mass is 9.82. The number of anilines is 1. The minimum absolute atomic E-state index is 0.0463. The van der Waals surface area contributed by atoms with E-state index in [4.69, 9.17) is 5.73 Å². The monoisotopic (exact) mass is 409 g/mol. The second kappa shape index (κ2) is 7.28.